The second-order valence-corrected chi connectivity index (χ2v) is 9.16. The van der Waals surface area contributed by atoms with Gasteiger partial charge in [-0.3, -0.25) is 4.98 Å². The van der Waals surface area contributed by atoms with Gasteiger partial charge in [0, 0.05) is 36.9 Å². The van der Waals surface area contributed by atoms with Crippen molar-refractivity contribution in [3.8, 4) is 5.82 Å². The van der Waals surface area contributed by atoms with Crippen LogP contribution in [0.4, 0.5) is 0 Å². The lowest BCUT2D eigenvalue weighted by atomic mass is 9.96. The third-order valence-electron chi connectivity index (χ3n) is 6.54. The quantitative estimate of drug-likeness (QED) is 0.587. The SMILES string of the molecule is Cc1ccc(-n2c(C)cc([C@H]3[C@@H](c4ccccn4)NC(=S)N3C[C@@H]3CCCO3)c2C)nc1. The van der Waals surface area contributed by atoms with Gasteiger partial charge in [-0.15, -0.1) is 0 Å². The third-order valence-corrected chi connectivity index (χ3v) is 6.89. The third kappa shape index (κ3) is 3.80. The number of aromatic nitrogens is 3. The molecule has 2 aliphatic rings. The Kier molecular flexibility index (Phi) is 5.69. The molecule has 1 N–H and O–H groups in total. The van der Waals surface area contributed by atoms with Gasteiger partial charge in [-0.2, -0.15) is 0 Å². The van der Waals surface area contributed by atoms with Crippen molar-refractivity contribution in [1.29, 1.82) is 0 Å². The molecule has 3 atom stereocenters. The van der Waals surface area contributed by atoms with Gasteiger partial charge in [0.05, 0.1) is 23.9 Å². The topological polar surface area (TPSA) is 55.2 Å². The molecule has 2 aliphatic heterocycles. The monoisotopic (exact) mass is 447 g/mol. The van der Waals surface area contributed by atoms with Crippen LogP contribution < -0.4 is 5.32 Å². The summed E-state index contributed by atoms with van der Waals surface area (Å²) in [5, 5.41) is 4.32. The maximum Gasteiger partial charge on any atom is 0.170 e. The highest BCUT2D eigenvalue weighted by Gasteiger charge is 2.42. The number of thiocarbonyl (C=S) groups is 1. The molecular formula is C25H29N5OS. The number of nitrogens with zero attached hydrogens (tertiary/aromatic N) is 4. The van der Waals surface area contributed by atoms with Crippen LogP contribution in [-0.4, -0.2) is 43.8 Å². The van der Waals surface area contributed by atoms with Crippen molar-refractivity contribution in [2.75, 3.05) is 13.2 Å². The van der Waals surface area contributed by atoms with E-state index in [1.54, 1.807) is 0 Å². The molecular weight excluding hydrogens is 418 g/mol. The van der Waals surface area contributed by atoms with Gasteiger partial charge in [-0.1, -0.05) is 12.1 Å². The number of nitrogens with one attached hydrogen (secondary N) is 1. The molecule has 0 radical (unpaired) electrons. The lowest BCUT2D eigenvalue weighted by Crippen LogP contribution is -2.36. The van der Waals surface area contributed by atoms with Gasteiger partial charge in [0.25, 0.3) is 0 Å². The van der Waals surface area contributed by atoms with E-state index in [0.717, 1.165) is 53.9 Å². The summed E-state index contributed by atoms with van der Waals surface area (Å²) < 4.78 is 8.20. The maximum atomic E-state index is 5.97. The molecule has 0 spiro atoms. The van der Waals surface area contributed by atoms with E-state index in [-0.39, 0.29) is 18.2 Å². The molecule has 0 bridgehead atoms. The van der Waals surface area contributed by atoms with E-state index >= 15 is 0 Å². The standard InChI is InChI=1S/C25H29N5OS/c1-16-9-10-22(27-14-16)30-17(2)13-20(18(30)3)24-23(21-8-4-5-11-26-21)28-25(32)29(24)15-19-7-6-12-31-19/h4-5,8-11,13-14,19,23-24H,6-7,12,15H2,1-3H3,(H,28,32)/t19-,23+,24-/m0/s1. The fourth-order valence-corrected chi connectivity index (χ4v) is 5.30. The molecule has 166 valence electrons. The Bertz CT molecular complexity index is 1110. The van der Waals surface area contributed by atoms with E-state index in [4.69, 9.17) is 17.0 Å². The van der Waals surface area contributed by atoms with Crippen molar-refractivity contribution < 1.29 is 4.74 Å². The van der Waals surface area contributed by atoms with Crippen molar-refractivity contribution >= 4 is 17.3 Å². The molecule has 6 nitrogen and oxygen atoms in total. The van der Waals surface area contributed by atoms with Crippen molar-refractivity contribution in [3.05, 3.63) is 77.0 Å². The fourth-order valence-electron chi connectivity index (χ4n) is 4.98. The molecule has 0 aliphatic carbocycles. The van der Waals surface area contributed by atoms with E-state index in [1.807, 2.05) is 24.5 Å². The summed E-state index contributed by atoms with van der Waals surface area (Å²) in [7, 11) is 0. The number of rotatable bonds is 5. The number of hydrogen-bond donors (Lipinski definition) is 1. The highest BCUT2D eigenvalue weighted by Crippen LogP contribution is 2.41. The second kappa shape index (κ2) is 8.64. The summed E-state index contributed by atoms with van der Waals surface area (Å²) in [6.45, 7) is 7.99. The lowest BCUT2D eigenvalue weighted by Gasteiger charge is -2.30. The molecule has 7 heteroatoms. The van der Waals surface area contributed by atoms with Crippen molar-refractivity contribution in [2.24, 2.45) is 0 Å². The first-order valence-corrected chi connectivity index (χ1v) is 11.7. The van der Waals surface area contributed by atoms with Crippen LogP contribution in [0.2, 0.25) is 0 Å². The molecule has 0 saturated carbocycles. The minimum absolute atomic E-state index is 0.0231. The molecule has 0 amide bonds. The molecule has 0 aromatic carbocycles. The minimum atomic E-state index is -0.0231. The first kappa shape index (κ1) is 21.1. The molecule has 5 heterocycles. The first-order chi connectivity index (χ1) is 15.5. The molecule has 3 aromatic rings. The van der Waals surface area contributed by atoms with Crippen LogP contribution in [0.15, 0.2) is 48.8 Å². The van der Waals surface area contributed by atoms with Gasteiger partial charge in [-0.05, 0) is 81.2 Å². The largest absolute Gasteiger partial charge is 0.376 e. The summed E-state index contributed by atoms with van der Waals surface area (Å²) in [5.41, 5.74) is 5.72. The Morgan fingerprint density at radius 3 is 2.72 bits per heavy atom. The van der Waals surface area contributed by atoms with Crippen LogP contribution in [0.5, 0.6) is 0 Å². The van der Waals surface area contributed by atoms with Crippen molar-refractivity contribution in [1.82, 2.24) is 24.8 Å². The van der Waals surface area contributed by atoms with Gasteiger partial charge in [0.2, 0.25) is 0 Å². The van der Waals surface area contributed by atoms with Crippen LogP contribution in [0.25, 0.3) is 5.82 Å². The van der Waals surface area contributed by atoms with E-state index in [0.29, 0.717) is 0 Å². The summed E-state index contributed by atoms with van der Waals surface area (Å²) in [6.07, 6.45) is 6.16. The van der Waals surface area contributed by atoms with Crippen LogP contribution in [-0.2, 0) is 4.74 Å². The predicted molar refractivity (Wildman–Crippen MR) is 129 cm³/mol. The average molecular weight is 448 g/mol. The van der Waals surface area contributed by atoms with Crippen LogP contribution in [0, 0.1) is 20.8 Å². The van der Waals surface area contributed by atoms with E-state index in [1.165, 1.54) is 11.3 Å². The zero-order chi connectivity index (χ0) is 22.2. The minimum Gasteiger partial charge on any atom is -0.376 e. The van der Waals surface area contributed by atoms with Crippen LogP contribution in [0.1, 0.15) is 53.1 Å². The van der Waals surface area contributed by atoms with E-state index in [9.17, 15) is 0 Å². The molecule has 0 unspecified atom stereocenters. The average Bonchev–Trinajstić information content (AvgIpc) is 3.49. The zero-order valence-corrected chi connectivity index (χ0v) is 19.6. The second-order valence-electron chi connectivity index (χ2n) is 8.77. The van der Waals surface area contributed by atoms with E-state index in [2.05, 4.69) is 69.8 Å². The van der Waals surface area contributed by atoms with Crippen molar-refractivity contribution in [3.63, 3.8) is 0 Å². The number of ether oxygens (including phenoxy) is 1. The highest BCUT2D eigenvalue weighted by molar-refractivity contribution is 7.80. The smallest absolute Gasteiger partial charge is 0.170 e. The number of hydrogen-bond acceptors (Lipinski definition) is 4. The lowest BCUT2D eigenvalue weighted by molar-refractivity contribution is 0.0842. The van der Waals surface area contributed by atoms with Gasteiger partial charge >= 0.3 is 0 Å². The van der Waals surface area contributed by atoms with Gasteiger partial charge in [0.1, 0.15) is 5.82 Å². The first-order valence-electron chi connectivity index (χ1n) is 11.2. The summed E-state index contributed by atoms with van der Waals surface area (Å²) in [5.74, 6) is 0.936. The zero-order valence-electron chi connectivity index (χ0n) is 18.8. The Labute approximate surface area is 194 Å². The summed E-state index contributed by atoms with van der Waals surface area (Å²) in [4.78, 5) is 11.6. The normalized spacial score (nSPS) is 23.0. The molecule has 32 heavy (non-hydrogen) atoms. The summed E-state index contributed by atoms with van der Waals surface area (Å²) >= 11 is 5.83. The molecule has 2 saturated heterocycles. The molecule has 5 rings (SSSR count). The van der Waals surface area contributed by atoms with Gasteiger partial charge in [-0.25, -0.2) is 4.98 Å². The number of pyridine rings is 2. The maximum absolute atomic E-state index is 5.97. The molecule has 3 aromatic heterocycles. The van der Waals surface area contributed by atoms with Gasteiger partial charge < -0.3 is 19.5 Å². The van der Waals surface area contributed by atoms with Crippen LogP contribution in [0.3, 0.4) is 0 Å². The summed E-state index contributed by atoms with van der Waals surface area (Å²) in [6, 6.07) is 12.5. The van der Waals surface area contributed by atoms with Crippen molar-refractivity contribution in [2.45, 2.75) is 51.8 Å². The van der Waals surface area contributed by atoms with Gasteiger partial charge in [0.15, 0.2) is 5.11 Å². The number of aryl methyl sites for hydroxylation is 2. The van der Waals surface area contributed by atoms with Crippen LogP contribution >= 0.6 is 12.2 Å². The Hall–Kier alpha value is -2.77. The Balaban J connectivity index is 1.58. The predicted octanol–water partition coefficient (Wildman–Crippen LogP) is 4.34. The highest BCUT2D eigenvalue weighted by atomic mass is 32.1. The Morgan fingerprint density at radius 2 is 2.03 bits per heavy atom. The van der Waals surface area contributed by atoms with E-state index < -0.39 is 0 Å². The molecule has 2 fully saturated rings. The Morgan fingerprint density at radius 1 is 1.16 bits per heavy atom. The fraction of sp³-hybridized carbons (Fsp3) is 0.400.